The van der Waals surface area contributed by atoms with E-state index in [4.69, 9.17) is 4.74 Å². The van der Waals surface area contributed by atoms with E-state index in [2.05, 4.69) is 0 Å². The number of carbonyl (C=O) groups excluding carboxylic acids is 2. The van der Waals surface area contributed by atoms with Gasteiger partial charge in [-0.05, 0) is 31.0 Å². The van der Waals surface area contributed by atoms with Crippen LogP contribution in [0.3, 0.4) is 0 Å². The fraction of sp³-hybridized carbons (Fsp3) is 0.529. The summed E-state index contributed by atoms with van der Waals surface area (Å²) < 4.78 is 4.92. The van der Waals surface area contributed by atoms with Gasteiger partial charge in [-0.3, -0.25) is 9.59 Å². The molecule has 118 valence electrons. The predicted molar refractivity (Wildman–Crippen MR) is 83.7 cm³/mol. The first-order chi connectivity index (χ1) is 10.5. The van der Waals surface area contributed by atoms with E-state index in [1.807, 2.05) is 41.0 Å². The van der Waals surface area contributed by atoms with Crippen LogP contribution in [0.25, 0.3) is 0 Å². The van der Waals surface area contributed by atoms with Crippen molar-refractivity contribution in [1.29, 1.82) is 0 Å². The van der Waals surface area contributed by atoms with Crippen LogP contribution in [0.15, 0.2) is 24.3 Å². The van der Waals surface area contributed by atoms with Crippen molar-refractivity contribution in [1.82, 2.24) is 4.90 Å². The third kappa shape index (κ3) is 2.73. The molecule has 2 amide bonds. The van der Waals surface area contributed by atoms with Gasteiger partial charge in [0.2, 0.25) is 11.8 Å². The van der Waals surface area contributed by atoms with Gasteiger partial charge in [0.15, 0.2) is 0 Å². The van der Waals surface area contributed by atoms with E-state index in [-0.39, 0.29) is 23.8 Å². The molecule has 2 aliphatic heterocycles. The van der Waals surface area contributed by atoms with Gasteiger partial charge in [-0.15, -0.1) is 0 Å². The summed E-state index contributed by atoms with van der Waals surface area (Å²) >= 11 is 0. The molecule has 1 aromatic rings. The number of anilines is 1. The van der Waals surface area contributed by atoms with Crippen molar-refractivity contribution < 1.29 is 14.3 Å². The highest BCUT2D eigenvalue weighted by Gasteiger charge is 2.48. The normalized spacial score (nSPS) is 24.5. The molecule has 0 bridgehead atoms. The molecule has 0 saturated carbocycles. The number of aryl methyl sites for hydroxylation is 1. The number of carbonyl (C=O) groups is 2. The molecule has 3 rings (SSSR count). The average molecular weight is 302 g/mol. The molecule has 2 fully saturated rings. The van der Waals surface area contributed by atoms with Crippen LogP contribution in [0.5, 0.6) is 0 Å². The van der Waals surface area contributed by atoms with Crippen molar-refractivity contribution in [3.8, 4) is 0 Å². The van der Waals surface area contributed by atoms with Crippen LogP contribution in [0.2, 0.25) is 0 Å². The maximum atomic E-state index is 12.4. The van der Waals surface area contributed by atoms with Gasteiger partial charge in [0, 0.05) is 44.3 Å². The Balaban J connectivity index is 1.73. The predicted octanol–water partition coefficient (Wildman–Crippen LogP) is 1.60. The van der Waals surface area contributed by atoms with Gasteiger partial charge in [0.05, 0.1) is 0 Å². The number of likely N-dealkylation sites (tertiary alicyclic amines) is 1. The third-order valence-corrected chi connectivity index (χ3v) is 4.69. The zero-order chi connectivity index (χ0) is 15.7. The smallest absolute Gasteiger partial charge is 0.248 e. The number of amides is 2. The van der Waals surface area contributed by atoms with Gasteiger partial charge >= 0.3 is 0 Å². The summed E-state index contributed by atoms with van der Waals surface area (Å²) in [6.07, 6.45) is 1.41. The number of methoxy groups -OCH3 is 1. The van der Waals surface area contributed by atoms with Gasteiger partial charge in [-0.1, -0.05) is 12.1 Å². The molecule has 5 nitrogen and oxygen atoms in total. The van der Waals surface area contributed by atoms with Gasteiger partial charge in [0.1, 0.15) is 6.61 Å². The molecule has 1 aromatic carbocycles. The fourth-order valence-corrected chi connectivity index (χ4v) is 3.56. The van der Waals surface area contributed by atoms with E-state index in [1.165, 1.54) is 7.11 Å². The first kappa shape index (κ1) is 15.0. The number of ether oxygens (including phenoxy) is 1. The molecule has 1 unspecified atom stereocenters. The first-order valence-electron chi connectivity index (χ1n) is 7.67. The summed E-state index contributed by atoms with van der Waals surface area (Å²) in [5.41, 5.74) is 2.02. The van der Waals surface area contributed by atoms with Crippen LogP contribution in [-0.2, 0) is 14.3 Å². The largest absolute Gasteiger partial charge is 0.375 e. The zero-order valence-corrected chi connectivity index (χ0v) is 13.2. The van der Waals surface area contributed by atoms with E-state index < -0.39 is 0 Å². The summed E-state index contributed by atoms with van der Waals surface area (Å²) in [5, 5.41) is 0. The molecule has 0 radical (unpaired) electrons. The second-order valence-corrected chi connectivity index (χ2v) is 6.49. The molecule has 1 spiro atoms. The number of rotatable bonds is 3. The Bertz CT molecular complexity index is 601. The topological polar surface area (TPSA) is 49.9 Å². The Kier molecular flexibility index (Phi) is 3.91. The van der Waals surface area contributed by atoms with Gasteiger partial charge in [-0.2, -0.15) is 0 Å². The molecular weight excluding hydrogens is 280 g/mol. The van der Waals surface area contributed by atoms with Gasteiger partial charge < -0.3 is 14.5 Å². The molecule has 5 heteroatoms. The Morgan fingerprint density at radius 1 is 1.36 bits per heavy atom. The quantitative estimate of drug-likeness (QED) is 0.852. The molecule has 0 aliphatic carbocycles. The lowest BCUT2D eigenvalue weighted by Gasteiger charge is -2.24. The van der Waals surface area contributed by atoms with Crippen LogP contribution in [0.4, 0.5) is 5.69 Å². The molecule has 0 aromatic heterocycles. The Morgan fingerprint density at radius 3 is 2.91 bits per heavy atom. The highest BCUT2D eigenvalue weighted by Crippen LogP contribution is 2.41. The average Bonchev–Trinajstić information content (AvgIpc) is 3.03. The highest BCUT2D eigenvalue weighted by atomic mass is 16.5. The summed E-state index contributed by atoms with van der Waals surface area (Å²) in [6, 6.07) is 8.03. The number of nitrogens with zero attached hydrogens (tertiary/aromatic N) is 2. The lowest BCUT2D eigenvalue weighted by Crippen LogP contribution is -2.35. The van der Waals surface area contributed by atoms with Crippen molar-refractivity contribution in [2.75, 3.05) is 38.3 Å². The van der Waals surface area contributed by atoms with E-state index in [1.54, 1.807) is 0 Å². The second-order valence-electron chi connectivity index (χ2n) is 6.49. The molecule has 1 atom stereocenters. The minimum Gasteiger partial charge on any atom is -0.375 e. The molecule has 2 saturated heterocycles. The third-order valence-electron chi connectivity index (χ3n) is 4.69. The Labute approximate surface area is 130 Å². The van der Waals surface area contributed by atoms with Crippen molar-refractivity contribution in [3.05, 3.63) is 29.8 Å². The van der Waals surface area contributed by atoms with E-state index in [9.17, 15) is 9.59 Å². The van der Waals surface area contributed by atoms with E-state index in [0.717, 1.165) is 24.2 Å². The van der Waals surface area contributed by atoms with Crippen molar-refractivity contribution >= 4 is 17.5 Å². The van der Waals surface area contributed by atoms with Gasteiger partial charge in [-0.25, -0.2) is 0 Å². The summed E-state index contributed by atoms with van der Waals surface area (Å²) in [6.45, 7) is 4.22. The minimum absolute atomic E-state index is 0.0147. The standard InChI is InChI=1S/C17H22N2O3/c1-13-4-3-5-14(8-13)19-12-17(9-15(19)20)6-7-18(11-17)16(21)10-22-2/h3-5,8H,6-7,9-12H2,1-2H3. The Hall–Kier alpha value is -1.88. The minimum atomic E-state index is -0.0930. The second kappa shape index (κ2) is 5.72. The zero-order valence-electron chi connectivity index (χ0n) is 13.2. The molecule has 2 heterocycles. The molecular formula is C17H22N2O3. The molecule has 22 heavy (non-hydrogen) atoms. The lowest BCUT2D eigenvalue weighted by molar-refractivity contribution is -0.134. The monoisotopic (exact) mass is 302 g/mol. The SMILES string of the molecule is COCC(=O)N1CCC2(CC(=O)N(c3cccc(C)c3)C2)C1. The summed E-state index contributed by atoms with van der Waals surface area (Å²) in [5.74, 6) is 0.174. The van der Waals surface area contributed by atoms with Crippen LogP contribution >= 0.6 is 0 Å². The van der Waals surface area contributed by atoms with Crippen LogP contribution in [-0.4, -0.2) is 50.1 Å². The lowest BCUT2D eigenvalue weighted by atomic mass is 9.86. The van der Waals surface area contributed by atoms with Crippen molar-refractivity contribution in [3.63, 3.8) is 0 Å². The summed E-state index contributed by atoms with van der Waals surface area (Å²) in [7, 11) is 1.53. The van der Waals surface area contributed by atoms with Crippen LogP contribution < -0.4 is 4.90 Å². The number of benzene rings is 1. The summed E-state index contributed by atoms with van der Waals surface area (Å²) in [4.78, 5) is 28.1. The number of hydrogen-bond donors (Lipinski definition) is 0. The molecule has 0 N–H and O–H groups in total. The highest BCUT2D eigenvalue weighted by molar-refractivity contribution is 5.96. The molecule has 2 aliphatic rings. The fourth-order valence-electron chi connectivity index (χ4n) is 3.56. The van der Waals surface area contributed by atoms with E-state index in [0.29, 0.717) is 19.5 Å². The maximum Gasteiger partial charge on any atom is 0.248 e. The van der Waals surface area contributed by atoms with Crippen molar-refractivity contribution in [2.24, 2.45) is 5.41 Å². The van der Waals surface area contributed by atoms with Crippen molar-refractivity contribution in [2.45, 2.75) is 19.8 Å². The van der Waals surface area contributed by atoms with Crippen LogP contribution in [0.1, 0.15) is 18.4 Å². The van der Waals surface area contributed by atoms with Crippen LogP contribution in [0, 0.1) is 12.3 Å². The van der Waals surface area contributed by atoms with Gasteiger partial charge in [0.25, 0.3) is 0 Å². The first-order valence-corrected chi connectivity index (χ1v) is 7.67. The Morgan fingerprint density at radius 2 is 2.18 bits per heavy atom. The van der Waals surface area contributed by atoms with E-state index >= 15 is 0 Å². The number of hydrogen-bond acceptors (Lipinski definition) is 3. The maximum absolute atomic E-state index is 12.4.